The molecule has 2 heterocycles. The van der Waals surface area contributed by atoms with Gasteiger partial charge < -0.3 is 19.1 Å². The number of alkyl halides is 3. The number of benzene rings is 2. The van der Waals surface area contributed by atoms with Crippen molar-refractivity contribution < 1.29 is 27.4 Å². The van der Waals surface area contributed by atoms with Crippen LogP contribution in [-0.2, 0) is 4.74 Å². The number of nitrogens with zero attached hydrogens (tertiary/aromatic N) is 2. The topological polar surface area (TPSA) is 37.5 Å². The third kappa shape index (κ3) is 6.64. The molecule has 2 fully saturated rings. The normalized spacial score (nSPS) is 21.7. The predicted octanol–water partition coefficient (Wildman–Crippen LogP) is 4.59. The van der Waals surface area contributed by atoms with Crippen LogP contribution in [0.2, 0.25) is 0 Å². The van der Waals surface area contributed by atoms with Gasteiger partial charge in [-0.3, -0.25) is 4.90 Å². The summed E-state index contributed by atoms with van der Waals surface area (Å²) in [5.74, 6) is 0.642. The molecule has 5 nitrogen and oxygen atoms in total. The van der Waals surface area contributed by atoms with Crippen LogP contribution in [0.3, 0.4) is 0 Å². The number of piperazine rings is 1. The van der Waals surface area contributed by atoms with Crippen LogP contribution in [0.1, 0.15) is 12.5 Å². The van der Waals surface area contributed by atoms with Crippen molar-refractivity contribution in [3.05, 3.63) is 60.2 Å². The van der Waals surface area contributed by atoms with E-state index in [1.165, 1.54) is 17.8 Å². The Morgan fingerprint density at radius 3 is 2.19 bits per heavy atom. The molecule has 172 valence electrons. The van der Waals surface area contributed by atoms with Crippen molar-refractivity contribution in [2.24, 2.45) is 0 Å². The quantitative estimate of drug-likeness (QED) is 0.553. The Morgan fingerprint density at radius 1 is 0.969 bits per heavy atom. The fraction of sp³-hybridized carbons (Fsp3) is 0.417. The molecule has 1 atom stereocenters. The number of hydrogen-bond donors (Lipinski definition) is 0. The molecule has 0 spiro atoms. The van der Waals surface area contributed by atoms with Crippen LogP contribution < -0.4 is 14.4 Å². The van der Waals surface area contributed by atoms with Gasteiger partial charge in [0, 0.05) is 38.4 Å². The average Bonchev–Trinajstić information content (AvgIpc) is 3.51. The monoisotopic (exact) mass is 448 g/mol. The van der Waals surface area contributed by atoms with Gasteiger partial charge in [-0.15, -0.1) is 13.2 Å². The lowest BCUT2D eigenvalue weighted by atomic mass is 10.2. The summed E-state index contributed by atoms with van der Waals surface area (Å²) in [6.07, 6.45) is -0.722. The molecule has 2 aromatic rings. The first kappa shape index (κ1) is 22.5. The second-order valence-electron chi connectivity index (χ2n) is 8.33. The first-order chi connectivity index (χ1) is 15.3. The van der Waals surface area contributed by atoms with Crippen molar-refractivity contribution in [1.82, 2.24) is 4.90 Å². The molecule has 0 N–H and O–H groups in total. The zero-order valence-corrected chi connectivity index (χ0v) is 18.0. The molecule has 2 aliphatic heterocycles. The Kier molecular flexibility index (Phi) is 6.62. The maximum absolute atomic E-state index is 12.2. The van der Waals surface area contributed by atoms with E-state index in [0.29, 0.717) is 6.61 Å². The highest BCUT2D eigenvalue weighted by atomic mass is 19.4. The summed E-state index contributed by atoms with van der Waals surface area (Å²) in [6.45, 7) is 7.92. The van der Waals surface area contributed by atoms with Crippen LogP contribution in [-0.4, -0.2) is 62.8 Å². The van der Waals surface area contributed by atoms with Crippen molar-refractivity contribution in [3.63, 3.8) is 0 Å². The fourth-order valence-corrected chi connectivity index (χ4v) is 3.50. The number of rotatable bonds is 8. The van der Waals surface area contributed by atoms with E-state index in [1.807, 2.05) is 31.2 Å². The lowest BCUT2D eigenvalue weighted by Gasteiger charge is -2.35. The van der Waals surface area contributed by atoms with Crippen molar-refractivity contribution in [1.29, 1.82) is 0 Å². The highest BCUT2D eigenvalue weighted by Gasteiger charge is 2.40. The van der Waals surface area contributed by atoms with Gasteiger partial charge in [-0.1, -0.05) is 24.3 Å². The second kappa shape index (κ2) is 9.42. The molecule has 0 radical (unpaired) electrons. The van der Waals surface area contributed by atoms with Crippen LogP contribution in [0, 0.1) is 0 Å². The maximum atomic E-state index is 12.2. The molecule has 0 aliphatic carbocycles. The third-order valence-corrected chi connectivity index (χ3v) is 5.54. The second-order valence-corrected chi connectivity index (χ2v) is 8.33. The summed E-state index contributed by atoms with van der Waals surface area (Å²) >= 11 is 0. The molecule has 4 rings (SSSR count). The Hall–Kier alpha value is -2.71. The largest absolute Gasteiger partial charge is 0.573 e. The lowest BCUT2D eigenvalue weighted by molar-refractivity contribution is -0.274. The summed E-state index contributed by atoms with van der Waals surface area (Å²) in [5, 5.41) is 0. The molecule has 8 heteroatoms. The number of epoxide rings is 1. The van der Waals surface area contributed by atoms with Gasteiger partial charge in [-0.2, -0.15) is 0 Å². The highest BCUT2D eigenvalue weighted by molar-refractivity contribution is 5.51. The summed E-state index contributed by atoms with van der Waals surface area (Å²) in [4.78, 5) is 4.70. The SMILES string of the molecule is CC1(COc2ccc(N3CCN(CC=Cc4ccc(OC(F)(F)F)cc4)CC3)cc2)CO1. The summed E-state index contributed by atoms with van der Waals surface area (Å²) in [5.41, 5.74) is 1.90. The first-order valence-corrected chi connectivity index (χ1v) is 10.6. The van der Waals surface area contributed by atoms with E-state index < -0.39 is 6.36 Å². The molecule has 1 unspecified atom stereocenters. The third-order valence-electron chi connectivity index (χ3n) is 5.54. The van der Waals surface area contributed by atoms with Gasteiger partial charge in [0.2, 0.25) is 0 Å². The predicted molar refractivity (Wildman–Crippen MR) is 117 cm³/mol. The minimum atomic E-state index is -4.67. The lowest BCUT2D eigenvalue weighted by Crippen LogP contribution is -2.46. The Balaban J connectivity index is 1.19. The van der Waals surface area contributed by atoms with Gasteiger partial charge in [0.25, 0.3) is 0 Å². The van der Waals surface area contributed by atoms with Gasteiger partial charge in [0.15, 0.2) is 0 Å². The number of anilines is 1. The zero-order chi connectivity index (χ0) is 22.6. The van der Waals surface area contributed by atoms with Crippen LogP contribution in [0.25, 0.3) is 6.08 Å². The zero-order valence-electron chi connectivity index (χ0n) is 18.0. The maximum Gasteiger partial charge on any atom is 0.573 e. The Labute approximate surface area is 186 Å². The number of halogens is 3. The molecular weight excluding hydrogens is 421 g/mol. The molecule has 0 amide bonds. The number of ether oxygens (including phenoxy) is 3. The van der Waals surface area contributed by atoms with Crippen LogP contribution >= 0.6 is 0 Å². The Bertz CT molecular complexity index is 902. The smallest absolute Gasteiger partial charge is 0.491 e. The summed E-state index contributed by atoms with van der Waals surface area (Å²) in [6, 6.07) is 14.1. The van der Waals surface area contributed by atoms with E-state index in [0.717, 1.165) is 50.6 Å². The van der Waals surface area contributed by atoms with Crippen LogP contribution in [0.4, 0.5) is 18.9 Å². The molecule has 0 aromatic heterocycles. The molecule has 2 aliphatic rings. The van der Waals surface area contributed by atoms with E-state index in [9.17, 15) is 13.2 Å². The van der Waals surface area contributed by atoms with E-state index in [2.05, 4.69) is 26.7 Å². The van der Waals surface area contributed by atoms with Crippen molar-refractivity contribution in [2.75, 3.05) is 50.8 Å². The molecule has 0 saturated carbocycles. The number of hydrogen-bond acceptors (Lipinski definition) is 5. The van der Waals surface area contributed by atoms with Crippen molar-refractivity contribution in [3.8, 4) is 11.5 Å². The molecular formula is C24H27F3N2O3. The standard InChI is InChI=1S/C24H27F3N2O3/c1-23(18-31-23)17-30-21-10-6-20(7-11-21)29-15-13-28(14-16-29)12-2-3-19-4-8-22(9-5-19)32-24(25,26)27/h2-11H,12-18H2,1H3. The van der Waals surface area contributed by atoms with Crippen molar-refractivity contribution in [2.45, 2.75) is 18.9 Å². The highest BCUT2D eigenvalue weighted by Crippen LogP contribution is 2.28. The van der Waals surface area contributed by atoms with Crippen LogP contribution in [0.5, 0.6) is 11.5 Å². The van der Waals surface area contributed by atoms with E-state index in [4.69, 9.17) is 9.47 Å². The molecule has 2 aromatic carbocycles. The van der Waals surface area contributed by atoms with Gasteiger partial charge in [0.1, 0.15) is 23.7 Å². The summed E-state index contributed by atoms with van der Waals surface area (Å²) < 4.78 is 51.7. The van der Waals surface area contributed by atoms with E-state index in [-0.39, 0.29) is 11.4 Å². The Morgan fingerprint density at radius 2 is 1.59 bits per heavy atom. The van der Waals surface area contributed by atoms with Gasteiger partial charge >= 0.3 is 6.36 Å². The van der Waals surface area contributed by atoms with Gasteiger partial charge in [0.05, 0.1) is 6.61 Å². The first-order valence-electron chi connectivity index (χ1n) is 10.6. The molecule has 32 heavy (non-hydrogen) atoms. The van der Waals surface area contributed by atoms with E-state index in [1.54, 1.807) is 12.1 Å². The minimum Gasteiger partial charge on any atom is -0.491 e. The van der Waals surface area contributed by atoms with Crippen LogP contribution in [0.15, 0.2) is 54.6 Å². The molecule has 2 saturated heterocycles. The van der Waals surface area contributed by atoms with E-state index >= 15 is 0 Å². The molecule has 0 bridgehead atoms. The van der Waals surface area contributed by atoms with Gasteiger partial charge in [-0.25, -0.2) is 0 Å². The van der Waals surface area contributed by atoms with Gasteiger partial charge in [-0.05, 0) is 48.9 Å². The average molecular weight is 448 g/mol. The fourth-order valence-electron chi connectivity index (χ4n) is 3.50. The minimum absolute atomic E-state index is 0.117. The van der Waals surface area contributed by atoms with Crippen molar-refractivity contribution >= 4 is 11.8 Å². The summed E-state index contributed by atoms with van der Waals surface area (Å²) in [7, 11) is 0.